The lowest BCUT2D eigenvalue weighted by atomic mass is 9.50. The van der Waals surface area contributed by atoms with Crippen LogP contribution in [0.25, 0.3) is 0 Å². The molecule has 13 nitrogen and oxygen atoms in total. The third kappa shape index (κ3) is 4.43. The molecule has 1 aromatic rings. The van der Waals surface area contributed by atoms with Gasteiger partial charge in [0.1, 0.15) is 17.9 Å². The zero-order chi connectivity index (χ0) is 29.9. The van der Waals surface area contributed by atoms with Crippen molar-refractivity contribution < 1.29 is 53.4 Å². The number of carbonyl (C=O) groups is 4. The molecule has 1 amide bonds. The zero-order valence-electron chi connectivity index (χ0n) is 23.2. The fraction of sp³-hybridized carbons (Fsp3) is 0.571. The fourth-order valence-corrected chi connectivity index (χ4v) is 6.74. The lowest BCUT2D eigenvalue weighted by Crippen LogP contribution is -2.74. The molecule has 5 rings (SSSR count). The topological polar surface area (TPSA) is 181 Å². The first-order valence-electron chi connectivity index (χ1n) is 13.5. The Morgan fingerprint density at radius 1 is 1.24 bits per heavy atom. The summed E-state index contributed by atoms with van der Waals surface area (Å²) < 4.78 is 22.8. The van der Waals surface area contributed by atoms with Gasteiger partial charge in [0.25, 0.3) is 0 Å². The Morgan fingerprint density at radius 2 is 1.98 bits per heavy atom. The number of ether oxygens (including phenoxy) is 4. The van der Waals surface area contributed by atoms with E-state index in [0.29, 0.717) is 30.9 Å². The monoisotopic (exact) mass is 574 g/mol. The van der Waals surface area contributed by atoms with Gasteiger partial charge in [0.05, 0.1) is 24.5 Å². The van der Waals surface area contributed by atoms with Crippen LogP contribution in [-0.2, 0) is 40.5 Å². The van der Waals surface area contributed by atoms with E-state index in [1.54, 1.807) is 6.08 Å². The SMILES string of the molecule is COc1ccc2c3c1O[C@H]1C(OC(=O)[C@H](C)OC(=O)C[C@H](NC(=O)[C@H](C)O)C(=O)O)=CC[C@@]4(O)[C@@H](C2)N(C)CCC314. The van der Waals surface area contributed by atoms with Crippen molar-refractivity contribution in [3.63, 3.8) is 0 Å². The molecule has 2 heterocycles. The first-order chi connectivity index (χ1) is 19.3. The third-order valence-electron chi connectivity index (χ3n) is 8.78. The molecule has 41 heavy (non-hydrogen) atoms. The maximum absolute atomic E-state index is 13.1. The number of aliphatic carboxylic acids is 1. The fourth-order valence-electron chi connectivity index (χ4n) is 6.74. The van der Waals surface area contributed by atoms with Crippen LogP contribution in [0.4, 0.5) is 0 Å². The molecule has 1 unspecified atom stereocenters. The smallest absolute Gasteiger partial charge is 0.352 e. The quantitative estimate of drug-likeness (QED) is 0.285. The number of hydrogen-bond donors (Lipinski definition) is 4. The molecular weight excluding hydrogens is 540 g/mol. The molecule has 1 spiro atoms. The summed E-state index contributed by atoms with van der Waals surface area (Å²) in [7, 11) is 3.51. The summed E-state index contributed by atoms with van der Waals surface area (Å²) in [5, 5.41) is 32.9. The molecular formula is C28H34N2O11. The molecule has 0 radical (unpaired) electrons. The van der Waals surface area contributed by atoms with E-state index in [1.165, 1.54) is 14.0 Å². The number of amides is 1. The van der Waals surface area contributed by atoms with Crippen molar-refractivity contribution in [2.45, 2.75) is 80.9 Å². The van der Waals surface area contributed by atoms with Crippen LogP contribution in [0.3, 0.4) is 0 Å². The molecule has 2 aliphatic heterocycles. The van der Waals surface area contributed by atoms with Crippen LogP contribution < -0.4 is 14.8 Å². The normalized spacial score (nSPS) is 29.6. The summed E-state index contributed by atoms with van der Waals surface area (Å²) in [6.45, 7) is 3.11. The minimum Gasteiger partial charge on any atom is -0.493 e. The summed E-state index contributed by atoms with van der Waals surface area (Å²) in [5.41, 5.74) is -0.169. The number of carboxylic acid groups (broad SMARTS) is 1. The van der Waals surface area contributed by atoms with Gasteiger partial charge in [0.2, 0.25) is 5.91 Å². The lowest BCUT2D eigenvalue weighted by molar-refractivity contribution is -0.175. The van der Waals surface area contributed by atoms with Gasteiger partial charge < -0.3 is 44.5 Å². The molecule has 0 aromatic heterocycles. The number of likely N-dealkylation sites (N-methyl/N-ethyl adjacent to an activating group) is 1. The number of carboxylic acids is 1. The maximum atomic E-state index is 13.1. The van der Waals surface area contributed by atoms with Gasteiger partial charge in [-0.1, -0.05) is 6.07 Å². The first-order valence-corrected chi connectivity index (χ1v) is 13.5. The van der Waals surface area contributed by atoms with Crippen molar-refractivity contribution in [1.29, 1.82) is 0 Å². The molecule has 2 aliphatic carbocycles. The number of methoxy groups -OCH3 is 1. The Balaban J connectivity index is 1.35. The van der Waals surface area contributed by atoms with Gasteiger partial charge in [-0.15, -0.1) is 0 Å². The number of nitrogens with zero attached hydrogens (tertiary/aromatic N) is 1. The van der Waals surface area contributed by atoms with Crippen molar-refractivity contribution in [3.8, 4) is 11.5 Å². The summed E-state index contributed by atoms with van der Waals surface area (Å²) in [6, 6.07) is 1.96. The molecule has 1 fully saturated rings. The van der Waals surface area contributed by atoms with Crippen LogP contribution in [0.5, 0.6) is 11.5 Å². The largest absolute Gasteiger partial charge is 0.493 e. The first kappa shape index (κ1) is 28.8. The third-order valence-corrected chi connectivity index (χ3v) is 8.78. The predicted molar refractivity (Wildman–Crippen MR) is 139 cm³/mol. The van der Waals surface area contributed by atoms with Crippen molar-refractivity contribution in [1.82, 2.24) is 10.2 Å². The number of piperidine rings is 1. The predicted octanol–water partition coefficient (Wildman–Crippen LogP) is -0.212. The summed E-state index contributed by atoms with van der Waals surface area (Å²) in [4.78, 5) is 50.8. The average molecular weight is 575 g/mol. The highest BCUT2D eigenvalue weighted by Gasteiger charge is 2.72. The molecule has 0 saturated carbocycles. The second-order valence-corrected chi connectivity index (χ2v) is 11.1. The van der Waals surface area contributed by atoms with Gasteiger partial charge in [0, 0.05) is 18.0 Å². The summed E-state index contributed by atoms with van der Waals surface area (Å²) >= 11 is 0. The van der Waals surface area contributed by atoms with Crippen molar-refractivity contribution in [3.05, 3.63) is 35.1 Å². The number of carbonyl (C=O) groups excluding carboxylic acids is 3. The van der Waals surface area contributed by atoms with Gasteiger partial charge in [-0.05, 0) is 58.0 Å². The Bertz CT molecular complexity index is 1330. The van der Waals surface area contributed by atoms with Crippen LogP contribution in [0, 0.1) is 0 Å². The summed E-state index contributed by atoms with van der Waals surface area (Å²) in [6.07, 6.45) is -1.50. The number of esters is 2. The average Bonchev–Trinajstić information content (AvgIpc) is 3.27. The van der Waals surface area contributed by atoms with Gasteiger partial charge in [-0.3, -0.25) is 9.59 Å². The maximum Gasteiger partial charge on any atom is 0.352 e. The van der Waals surface area contributed by atoms with E-state index in [1.807, 2.05) is 24.5 Å². The zero-order valence-corrected chi connectivity index (χ0v) is 23.2. The number of aliphatic hydroxyl groups excluding tert-OH is 1. The number of aliphatic hydroxyl groups is 2. The number of likely N-dealkylation sites (tertiary alicyclic amines) is 1. The van der Waals surface area contributed by atoms with Gasteiger partial charge >= 0.3 is 17.9 Å². The molecule has 1 aromatic carbocycles. The molecule has 222 valence electrons. The van der Waals surface area contributed by atoms with Gasteiger partial charge in [-0.25, -0.2) is 9.59 Å². The van der Waals surface area contributed by atoms with Crippen molar-refractivity contribution in [2.75, 3.05) is 20.7 Å². The Hall–Kier alpha value is -3.68. The van der Waals surface area contributed by atoms with E-state index < -0.39 is 65.6 Å². The highest BCUT2D eigenvalue weighted by Crippen LogP contribution is 2.65. The second-order valence-electron chi connectivity index (χ2n) is 11.1. The molecule has 4 aliphatic rings. The molecule has 4 N–H and O–H groups in total. The molecule has 2 bridgehead atoms. The van der Waals surface area contributed by atoms with E-state index in [-0.39, 0.29) is 18.2 Å². The standard InChI is InChI=1S/C28H34N2O11/c1-13(31)24(33)29-16(25(34)35)12-20(32)39-14(2)26(36)40-18-7-8-28(37)19-11-15-5-6-17(38-4)22-21(15)27(28,23(18)41-22)9-10-30(19)3/h5-7,13-14,16,19,23,31,37H,8-12H2,1-4H3,(H,29,33)(H,34,35)/t13-,14-,16-,19+,23-,27?,28+/m0/s1. The van der Waals surface area contributed by atoms with Crippen molar-refractivity contribution in [2.24, 2.45) is 0 Å². The minimum absolute atomic E-state index is 0.181. The minimum atomic E-state index is -1.66. The van der Waals surface area contributed by atoms with E-state index >= 15 is 0 Å². The Labute approximate surface area is 236 Å². The second kappa shape index (κ2) is 10.3. The van der Waals surface area contributed by atoms with E-state index in [4.69, 9.17) is 18.9 Å². The highest BCUT2D eigenvalue weighted by atomic mass is 16.6. The number of nitrogens with one attached hydrogen (secondary N) is 1. The number of benzene rings is 1. The molecule has 1 saturated heterocycles. The van der Waals surface area contributed by atoms with Gasteiger partial charge in [-0.2, -0.15) is 0 Å². The Kier molecular flexibility index (Phi) is 7.24. The lowest BCUT2D eigenvalue weighted by Gasteiger charge is -2.61. The van der Waals surface area contributed by atoms with Crippen LogP contribution >= 0.6 is 0 Å². The van der Waals surface area contributed by atoms with E-state index in [9.17, 15) is 34.5 Å². The van der Waals surface area contributed by atoms with Crippen LogP contribution in [0.1, 0.15) is 44.2 Å². The van der Waals surface area contributed by atoms with Crippen LogP contribution in [0.2, 0.25) is 0 Å². The molecule has 13 heteroatoms. The summed E-state index contributed by atoms with van der Waals surface area (Å²) in [5.74, 6) is -3.26. The highest BCUT2D eigenvalue weighted by molar-refractivity contribution is 5.89. The number of rotatable bonds is 9. The number of hydrogen-bond acceptors (Lipinski definition) is 11. The van der Waals surface area contributed by atoms with Crippen molar-refractivity contribution >= 4 is 23.8 Å². The molecule has 7 atom stereocenters. The van der Waals surface area contributed by atoms with Crippen LogP contribution in [-0.4, -0.2) is 101 Å². The van der Waals surface area contributed by atoms with Crippen LogP contribution in [0.15, 0.2) is 24.0 Å². The van der Waals surface area contributed by atoms with E-state index in [2.05, 4.69) is 4.90 Å². The van der Waals surface area contributed by atoms with Gasteiger partial charge in [0.15, 0.2) is 23.7 Å². The Morgan fingerprint density at radius 3 is 2.63 bits per heavy atom. The van der Waals surface area contributed by atoms with E-state index in [0.717, 1.165) is 18.1 Å².